The molecule has 1 aliphatic rings. The zero-order valence-corrected chi connectivity index (χ0v) is 11.7. The van der Waals surface area contributed by atoms with Crippen LogP contribution in [0.2, 0.25) is 0 Å². The summed E-state index contributed by atoms with van der Waals surface area (Å²) in [5.74, 6) is 0.937. The minimum atomic E-state index is 0.783. The monoisotopic (exact) mass is 237 g/mol. The van der Waals surface area contributed by atoms with Gasteiger partial charge in [0, 0.05) is 25.7 Å². The van der Waals surface area contributed by atoms with Gasteiger partial charge in [-0.05, 0) is 18.9 Å². The van der Waals surface area contributed by atoms with Gasteiger partial charge in [0.15, 0.2) is 5.82 Å². The van der Waals surface area contributed by atoms with E-state index in [1.54, 1.807) is 0 Å². The van der Waals surface area contributed by atoms with E-state index in [1.165, 1.54) is 0 Å². The van der Waals surface area contributed by atoms with Gasteiger partial charge in [-0.1, -0.05) is 33.8 Å². The highest BCUT2D eigenvalue weighted by Gasteiger charge is 2.10. The summed E-state index contributed by atoms with van der Waals surface area (Å²) >= 11 is 0. The van der Waals surface area contributed by atoms with Crippen LogP contribution in [-0.2, 0) is 0 Å². The molecule has 3 heteroatoms. The molecule has 0 bridgehead atoms. The lowest BCUT2D eigenvalue weighted by molar-refractivity contribution is 0.339. The third-order valence-corrected chi connectivity index (χ3v) is 2.30. The van der Waals surface area contributed by atoms with Crippen LogP contribution < -0.4 is 5.73 Å². The zero-order chi connectivity index (χ0) is 13.1. The summed E-state index contributed by atoms with van der Waals surface area (Å²) in [6.45, 7) is 10.4. The van der Waals surface area contributed by atoms with Crippen molar-refractivity contribution >= 4 is 6.21 Å². The molecule has 0 aromatic rings. The van der Waals surface area contributed by atoms with E-state index in [0.29, 0.717) is 0 Å². The van der Waals surface area contributed by atoms with Crippen molar-refractivity contribution in [3.05, 3.63) is 23.7 Å². The van der Waals surface area contributed by atoms with E-state index in [9.17, 15) is 0 Å². The van der Waals surface area contributed by atoms with Crippen molar-refractivity contribution in [3.63, 3.8) is 0 Å². The molecule has 0 spiro atoms. The molecule has 98 valence electrons. The predicted octanol–water partition coefficient (Wildman–Crippen LogP) is 3.29. The number of rotatable bonds is 5. The molecule has 3 nitrogen and oxygen atoms in total. The largest absolute Gasteiger partial charge is 0.396 e. The number of hydrogen-bond donors (Lipinski definition) is 1. The van der Waals surface area contributed by atoms with Gasteiger partial charge in [0.05, 0.1) is 5.70 Å². The van der Waals surface area contributed by atoms with Crippen LogP contribution in [0, 0.1) is 0 Å². The molecule has 1 heterocycles. The van der Waals surface area contributed by atoms with E-state index >= 15 is 0 Å². The topological polar surface area (TPSA) is 41.6 Å². The Morgan fingerprint density at radius 1 is 1.24 bits per heavy atom. The van der Waals surface area contributed by atoms with Crippen LogP contribution in [0.15, 0.2) is 28.7 Å². The molecule has 0 saturated carbocycles. The highest BCUT2D eigenvalue weighted by Crippen LogP contribution is 2.13. The summed E-state index contributed by atoms with van der Waals surface area (Å²) in [4.78, 5) is 6.70. The van der Waals surface area contributed by atoms with Crippen LogP contribution in [0.4, 0.5) is 0 Å². The molecule has 0 amide bonds. The number of nitrogens with zero attached hydrogens (tertiary/aromatic N) is 2. The molecule has 0 atom stereocenters. The van der Waals surface area contributed by atoms with Gasteiger partial charge in [0.2, 0.25) is 0 Å². The second-order valence-electron chi connectivity index (χ2n) is 3.72. The van der Waals surface area contributed by atoms with E-state index in [1.807, 2.05) is 32.2 Å². The van der Waals surface area contributed by atoms with Crippen LogP contribution in [0.25, 0.3) is 0 Å². The fraction of sp³-hybridized carbons (Fsp3) is 0.643. The lowest BCUT2D eigenvalue weighted by Crippen LogP contribution is -2.26. The molecule has 0 aromatic heterocycles. The molecule has 17 heavy (non-hydrogen) atoms. The predicted molar refractivity (Wildman–Crippen MR) is 77.0 cm³/mol. The summed E-state index contributed by atoms with van der Waals surface area (Å²) in [6.07, 6.45) is 9.04. The third-order valence-electron chi connectivity index (χ3n) is 2.30. The van der Waals surface area contributed by atoms with Gasteiger partial charge in [0.25, 0.3) is 0 Å². The second-order valence-corrected chi connectivity index (χ2v) is 3.72. The Balaban J connectivity index is 0.00000121. The molecule has 0 saturated heterocycles. The minimum Gasteiger partial charge on any atom is -0.396 e. The third kappa shape index (κ3) is 5.57. The van der Waals surface area contributed by atoms with Gasteiger partial charge in [0.1, 0.15) is 0 Å². The summed E-state index contributed by atoms with van der Waals surface area (Å²) in [7, 11) is 0. The van der Waals surface area contributed by atoms with Crippen LogP contribution >= 0.6 is 0 Å². The van der Waals surface area contributed by atoms with Crippen molar-refractivity contribution in [2.24, 2.45) is 10.7 Å². The first kappa shape index (κ1) is 15.8. The van der Waals surface area contributed by atoms with Crippen molar-refractivity contribution in [2.45, 2.75) is 47.0 Å². The average molecular weight is 237 g/mol. The van der Waals surface area contributed by atoms with Gasteiger partial charge in [-0.3, -0.25) is 0 Å². The van der Waals surface area contributed by atoms with Crippen LogP contribution in [0.5, 0.6) is 0 Å². The van der Waals surface area contributed by atoms with E-state index in [-0.39, 0.29) is 0 Å². The van der Waals surface area contributed by atoms with Gasteiger partial charge in [-0.2, -0.15) is 0 Å². The summed E-state index contributed by atoms with van der Waals surface area (Å²) in [5, 5.41) is 0. The first-order valence-corrected chi connectivity index (χ1v) is 6.73. The van der Waals surface area contributed by atoms with Crippen molar-refractivity contribution in [2.75, 3.05) is 13.1 Å². The molecule has 0 aliphatic carbocycles. The molecule has 0 fully saturated rings. The molecule has 1 rings (SSSR count). The number of aliphatic imine (C=N–C) groups is 1. The Morgan fingerprint density at radius 3 is 2.35 bits per heavy atom. The standard InChI is InChI=1S/C12H21N3.C2H6/c1-3-9-15(10-4-2)12-11(13)7-5-6-8-14-12;1-2/h5,7-8H,3-4,6,9-10,13H2,1-2H3;1-2H3. The maximum Gasteiger partial charge on any atom is 0.151 e. The van der Waals surface area contributed by atoms with E-state index in [2.05, 4.69) is 23.7 Å². The fourth-order valence-corrected chi connectivity index (χ4v) is 1.67. The van der Waals surface area contributed by atoms with Gasteiger partial charge < -0.3 is 10.6 Å². The lowest BCUT2D eigenvalue weighted by Gasteiger charge is -2.24. The van der Waals surface area contributed by atoms with E-state index in [0.717, 1.165) is 43.9 Å². The summed E-state index contributed by atoms with van der Waals surface area (Å²) in [6, 6.07) is 0. The Kier molecular flexibility index (Phi) is 9.21. The zero-order valence-electron chi connectivity index (χ0n) is 11.7. The quantitative estimate of drug-likeness (QED) is 0.797. The molecule has 1 aliphatic heterocycles. The second kappa shape index (κ2) is 9.94. The minimum absolute atomic E-state index is 0.783. The van der Waals surface area contributed by atoms with Crippen molar-refractivity contribution < 1.29 is 0 Å². The Morgan fingerprint density at radius 2 is 1.82 bits per heavy atom. The Labute approximate surface area is 106 Å². The highest BCUT2D eigenvalue weighted by molar-refractivity contribution is 5.62. The van der Waals surface area contributed by atoms with Gasteiger partial charge >= 0.3 is 0 Å². The lowest BCUT2D eigenvalue weighted by atomic mass is 10.3. The molecular formula is C14H27N3. The SMILES string of the molecule is CC.CCCN(CCC)C1=C(N)C=CCC=N1. The highest BCUT2D eigenvalue weighted by atomic mass is 15.2. The molecular weight excluding hydrogens is 210 g/mol. The molecule has 0 unspecified atom stereocenters. The molecule has 2 N–H and O–H groups in total. The van der Waals surface area contributed by atoms with Crippen molar-refractivity contribution in [1.82, 2.24) is 4.90 Å². The first-order valence-electron chi connectivity index (χ1n) is 6.73. The average Bonchev–Trinajstić information content (AvgIpc) is 2.56. The smallest absolute Gasteiger partial charge is 0.151 e. The van der Waals surface area contributed by atoms with Crippen molar-refractivity contribution in [1.29, 1.82) is 0 Å². The summed E-state index contributed by atoms with van der Waals surface area (Å²) < 4.78 is 0. The number of allylic oxidation sites excluding steroid dienone is 2. The number of hydrogen-bond acceptors (Lipinski definition) is 3. The molecule has 0 aromatic carbocycles. The fourth-order valence-electron chi connectivity index (χ4n) is 1.67. The maximum absolute atomic E-state index is 5.98. The van der Waals surface area contributed by atoms with Gasteiger partial charge in [-0.25, -0.2) is 4.99 Å². The van der Waals surface area contributed by atoms with E-state index < -0.39 is 0 Å². The van der Waals surface area contributed by atoms with Crippen LogP contribution in [0.3, 0.4) is 0 Å². The van der Waals surface area contributed by atoms with Crippen LogP contribution in [-0.4, -0.2) is 24.2 Å². The van der Waals surface area contributed by atoms with Crippen molar-refractivity contribution in [3.8, 4) is 0 Å². The molecule has 0 radical (unpaired) electrons. The number of nitrogens with two attached hydrogens (primary N) is 1. The van der Waals surface area contributed by atoms with Crippen LogP contribution in [0.1, 0.15) is 47.0 Å². The Bertz CT molecular complexity index is 271. The van der Waals surface area contributed by atoms with Gasteiger partial charge in [-0.15, -0.1) is 0 Å². The van der Waals surface area contributed by atoms with E-state index in [4.69, 9.17) is 5.73 Å². The Hall–Kier alpha value is -1.25. The maximum atomic E-state index is 5.98. The first-order chi connectivity index (χ1) is 8.29. The summed E-state index contributed by atoms with van der Waals surface area (Å²) in [5.41, 5.74) is 6.76. The normalized spacial score (nSPS) is 14.1.